The second kappa shape index (κ2) is 11.9. The highest BCUT2D eigenvalue weighted by atomic mass is 16.2. The number of hydrogen-bond acceptors (Lipinski definition) is 7. The summed E-state index contributed by atoms with van der Waals surface area (Å²) in [4.78, 5) is 59.7. The summed E-state index contributed by atoms with van der Waals surface area (Å²) in [7, 11) is 6.85. The van der Waals surface area contributed by atoms with Crippen molar-refractivity contribution >= 4 is 17.7 Å². The number of carbonyl (C=O) groups excluding carboxylic acids is 3. The summed E-state index contributed by atoms with van der Waals surface area (Å²) in [6.45, 7) is 2.06. The molecular formula is C34H40N8O4. The number of hydrogen-bond donors (Lipinski definition) is 3. The third kappa shape index (κ3) is 5.38. The molecule has 0 spiro atoms. The van der Waals surface area contributed by atoms with Gasteiger partial charge in [-0.05, 0) is 91.5 Å². The minimum absolute atomic E-state index is 0.0714. The number of aromatic nitrogens is 3. The molecule has 3 amide bonds. The molecule has 2 fully saturated rings. The number of aryl methyl sites for hydroxylation is 2. The molecule has 2 heterocycles. The normalized spacial score (nSPS) is 21.2. The van der Waals surface area contributed by atoms with Gasteiger partial charge in [0.1, 0.15) is 11.9 Å². The van der Waals surface area contributed by atoms with Crippen LogP contribution in [0.15, 0.2) is 41.2 Å². The molecule has 2 aliphatic carbocycles. The third-order valence-electron chi connectivity index (χ3n) is 9.76. The van der Waals surface area contributed by atoms with Crippen LogP contribution >= 0.6 is 0 Å². The fourth-order valence-electron chi connectivity index (χ4n) is 7.49. The highest BCUT2D eigenvalue weighted by Gasteiger charge is 2.54. The minimum atomic E-state index is -1.00. The van der Waals surface area contributed by atoms with Crippen LogP contribution in [0.5, 0.6) is 0 Å². The van der Waals surface area contributed by atoms with Gasteiger partial charge in [0.05, 0.1) is 18.0 Å². The van der Waals surface area contributed by atoms with E-state index in [1.807, 2.05) is 31.2 Å². The quantitative estimate of drug-likeness (QED) is 0.345. The zero-order valence-electron chi connectivity index (χ0n) is 26.9. The van der Waals surface area contributed by atoms with Crippen LogP contribution in [0.3, 0.4) is 0 Å². The molecule has 0 unspecified atom stereocenters. The number of amides is 3. The standard InChI is InChI=1S/C34H40N8O4/c1-19(36-18-29(43)42-25(17-35)14-24-15-28(24)42)16-34(32-37-33(46)39-38-32)26-10-8-22(30(44)40(2)3)12-20(26)6-7-21-13-23(9-11-27(21)34)31(45)41(4)5/h8-13,19,24-25,28,36H,6-7,14-16,18H2,1-5H3,(H2,37,38,39,46)/t19-,24+,25-,28-/m0/s1. The highest BCUT2D eigenvalue weighted by Crippen LogP contribution is 2.48. The lowest BCUT2D eigenvalue weighted by Gasteiger charge is -2.37. The molecule has 3 aromatic rings. The maximum absolute atomic E-state index is 13.3. The summed E-state index contributed by atoms with van der Waals surface area (Å²) in [6.07, 6.45) is 3.29. The van der Waals surface area contributed by atoms with Gasteiger partial charge in [0.25, 0.3) is 11.8 Å². The van der Waals surface area contributed by atoms with Gasteiger partial charge < -0.3 is 20.0 Å². The number of piperidine rings is 1. The SMILES string of the molecule is C[C@@H](CC1(c2n[nH]c(=O)[nH]2)c2ccc(C(=O)N(C)C)cc2CCc2cc(C(=O)N(C)C)ccc21)NCC(=O)N1[C@H](C#N)C[C@@H]2C[C@@H]21. The van der Waals surface area contributed by atoms with Gasteiger partial charge in [0, 0.05) is 51.4 Å². The average Bonchev–Trinajstić information content (AvgIpc) is 3.53. The molecule has 240 valence electrons. The molecule has 4 atom stereocenters. The van der Waals surface area contributed by atoms with E-state index in [0.29, 0.717) is 42.1 Å². The number of nitrogens with one attached hydrogen (secondary N) is 3. The summed E-state index contributed by atoms with van der Waals surface area (Å²) >= 11 is 0. The highest BCUT2D eigenvalue weighted by molar-refractivity contribution is 5.95. The van der Waals surface area contributed by atoms with Crippen LogP contribution < -0.4 is 11.0 Å². The van der Waals surface area contributed by atoms with Gasteiger partial charge >= 0.3 is 5.69 Å². The Morgan fingerprint density at radius 2 is 1.61 bits per heavy atom. The first-order chi connectivity index (χ1) is 21.9. The minimum Gasteiger partial charge on any atom is -0.345 e. The molecule has 1 saturated carbocycles. The Morgan fingerprint density at radius 3 is 2.11 bits per heavy atom. The van der Waals surface area contributed by atoms with E-state index in [1.54, 1.807) is 45.2 Å². The molecule has 3 N–H and O–H groups in total. The molecule has 1 aromatic heterocycles. The van der Waals surface area contributed by atoms with Crippen molar-refractivity contribution in [3.05, 3.63) is 86.1 Å². The second-order valence-electron chi connectivity index (χ2n) is 13.3. The van der Waals surface area contributed by atoms with Crippen molar-refractivity contribution in [3.63, 3.8) is 0 Å². The van der Waals surface area contributed by atoms with E-state index in [2.05, 4.69) is 26.6 Å². The van der Waals surface area contributed by atoms with E-state index in [9.17, 15) is 24.4 Å². The summed E-state index contributed by atoms with van der Waals surface area (Å²) in [5.41, 5.74) is 3.30. The van der Waals surface area contributed by atoms with Crippen molar-refractivity contribution in [1.29, 1.82) is 5.26 Å². The average molecular weight is 625 g/mol. The maximum Gasteiger partial charge on any atom is 0.340 e. The van der Waals surface area contributed by atoms with E-state index >= 15 is 0 Å². The van der Waals surface area contributed by atoms with E-state index in [-0.39, 0.29) is 42.4 Å². The summed E-state index contributed by atoms with van der Waals surface area (Å²) in [5, 5.41) is 20.1. The Kier molecular flexibility index (Phi) is 8.06. The Hall–Kier alpha value is -4.76. The molecular weight excluding hydrogens is 584 g/mol. The topological polar surface area (TPSA) is 158 Å². The predicted octanol–water partition coefficient (Wildman–Crippen LogP) is 1.82. The van der Waals surface area contributed by atoms with Gasteiger partial charge in [0.15, 0.2) is 0 Å². The van der Waals surface area contributed by atoms with Gasteiger partial charge in [0.2, 0.25) is 5.91 Å². The van der Waals surface area contributed by atoms with E-state index in [0.717, 1.165) is 35.1 Å². The number of aromatic amines is 2. The molecule has 0 radical (unpaired) electrons. The van der Waals surface area contributed by atoms with Crippen LogP contribution in [0.4, 0.5) is 0 Å². The van der Waals surface area contributed by atoms with Crippen LogP contribution in [-0.4, -0.2) is 100 Å². The molecule has 3 aliphatic rings. The van der Waals surface area contributed by atoms with E-state index in [1.165, 1.54) is 9.80 Å². The number of likely N-dealkylation sites (tertiary alicyclic amines) is 1. The van der Waals surface area contributed by atoms with Gasteiger partial charge in [-0.1, -0.05) is 12.1 Å². The number of fused-ring (bicyclic) bond motifs is 3. The maximum atomic E-state index is 13.3. The van der Waals surface area contributed by atoms with Crippen molar-refractivity contribution in [2.24, 2.45) is 5.92 Å². The number of nitrogens with zero attached hydrogens (tertiary/aromatic N) is 5. The molecule has 2 aromatic carbocycles. The molecule has 46 heavy (non-hydrogen) atoms. The molecule has 1 saturated heterocycles. The van der Waals surface area contributed by atoms with Crippen LogP contribution in [0.25, 0.3) is 0 Å². The third-order valence-corrected chi connectivity index (χ3v) is 9.76. The van der Waals surface area contributed by atoms with Crippen LogP contribution in [-0.2, 0) is 23.1 Å². The van der Waals surface area contributed by atoms with Gasteiger partial charge in [-0.15, -0.1) is 0 Å². The van der Waals surface area contributed by atoms with Crippen molar-refractivity contribution in [3.8, 4) is 6.07 Å². The first kappa shape index (κ1) is 31.2. The lowest BCUT2D eigenvalue weighted by molar-refractivity contribution is -0.131. The monoisotopic (exact) mass is 624 g/mol. The lowest BCUT2D eigenvalue weighted by atomic mass is 9.67. The number of nitriles is 1. The van der Waals surface area contributed by atoms with Crippen LogP contribution in [0.1, 0.15) is 75.0 Å². The van der Waals surface area contributed by atoms with Crippen LogP contribution in [0, 0.1) is 17.2 Å². The Labute approximate surface area is 267 Å². The van der Waals surface area contributed by atoms with Crippen LogP contribution in [0.2, 0.25) is 0 Å². The first-order valence-corrected chi connectivity index (χ1v) is 15.7. The zero-order valence-corrected chi connectivity index (χ0v) is 26.9. The van der Waals surface area contributed by atoms with Gasteiger partial charge in [-0.25, -0.2) is 9.89 Å². The van der Waals surface area contributed by atoms with E-state index in [4.69, 9.17) is 0 Å². The van der Waals surface area contributed by atoms with E-state index < -0.39 is 11.1 Å². The molecule has 6 rings (SSSR count). The molecule has 1 aliphatic heterocycles. The second-order valence-corrected chi connectivity index (χ2v) is 13.3. The zero-order chi connectivity index (χ0) is 32.9. The fraction of sp³-hybridized carbons (Fsp3) is 0.471. The lowest BCUT2D eigenvalue weighted by Crippen LogP contribution is -2.46. The summed E-state index contributed by atoms with van der Waals surface area (Å²) in [5.74, 6) is 0.506. The van der Waals surface area contributed by atoms with Crippen molar-refractivity contribution in [1.82, 2.24) is 35.2 Å². The van der Waals surface area contributed by atoms with Crippen molar-refractivity contribution in [2.75, 3.05) is 34.7 Å². The Bertz CT molecular complexity index is 1730. The fourth-order valence-corrected chi connectivity index (χ4v) is 7.49. The number of H-pyrrole nitrogens is 2. The van der Waals surface area contributed by atoms with Gasteiger partial charge in [-0.2, -0.15) is 10.4 Å². The molecule has 12 heteroatoms. The number of carbonyl (C=O) groups is 3. The molecule has 0 bridgehead atoms. The van der Waals surface area contributed by atoms with Crippen molar-refractivity contribution < 1.29 is 14.4 Å². The number of rotatable bonds is 8. The Morgan fingerprint density at radius 1 is 1.02 bits per heavy atom. The summed E-state index contributed by atoms with van der Waals surface area (Å²) in [6, 6.07) is 13.1. The smallest absolute Gasteiger partial charge is 0.340 e. The van der Waals surface area contributed by atoms with Crippen molar-refractivity contribution in [2.45, 2.75) is 62.6 Å². The summed E-state index contributed by atoms with van der Waals surface area (Å²) < 4.78 is 0. The largest absolute Gasteiger partial charge is 0.345 e. The first-order valence-electron chi connectivity index (χ1n) is 15.7. The number of benzene rings is 2. The molecule has 12 nitrogen and oxygen atoms in total. The predicted molar refractivity (Wildman–Crippen MR) is 170 cm³/mol. The Balaban J connectivity index is 1.44. The van der Waals surface area contributed by atoms with Gasteiger partial charge in [-0.3, -0.25) is 19.4 Å².